The molecule has 0 N–H and O–H groups in total. The minimum atomic E-state index is -1.32. The molecule has 6 heteroatoms. The Bertz CT molecular complexity index is 593. The predicted octanol–water partition coefficient (Wildman–Crippen LogP) is 4.77. The van der Waals surface area contributed by atoms with Crippen molar-refractivity contribution in [2.75, 3.05) is 0 Å². The Morgan fingerprint density at radius 3 is 2.16 bits per heavy atom. The van der Waals surface area contributed by atoms with Crippen molar-refractivity contribution in [1.82, 2.24) is 0 Å². The highest BCUT2D eigenvalue weighted by Gasteiger charge is 2.17. The molecule has 2 aromatic rings. The molecule has 0 radical (unpaired) electrons. The lowest BCUT2D eigenvalue weighted by molar-refractivity contribution is 0.375. The Morgan fingerprint density at radius 1 is 0.947 bits per heavy atom. The molecule has 2 rings (SSSR count). The summed E-state index contributed by atoms with van der Waals surface area (Å²) in [5.74, 6) is -6.06. The highest BCUT2D eigenvalue weighted by Crippen LogP contribution is 2.31. The van der Waals surface area contributed by atoms with Crippen molar-refractivity contribution in [3.05, 3.63) is 59.2 Å². The van der Waals surface area contributed by atoms with E-state index in [1.807, 2.05) is 0 Å². The molecule has 0 unspecified atom stereocenters. The van der Waals surface area contributed by atoms with E-state index in [0.29, 0.717) is 0 Å². The van der Waals surface area contributed by atoms with Gasteiger partial charge < -0.3 is 4.74 Å². The van der Waals surface area contributed by atoms with Gasteiger partial charge in [-0.05, 0) is 29.8 Å². The number of hydrogen-bond acceptors (Lipinski definition) is 1. The fourth-order valence-corrected chi connectivity index (χ4v) is 1.61. The first-order valence-electron chi connectivity index (χ1n) is 5.18. The summed E-state index contributed by atoms with van der Waals surface area (Å²) in [7, 11) is 0. The zero-order chi connectivity index (χ0) is 14.0. The van der Waals surface area contributed by atoms with Crippen molar-refractivity contribution in [3.8, 4) is 11.5 Å². The van der Waals surface area contributed by atoms with Gasteiger partial charge in [-0.2, -0.15) is 4.39 Å². The van der Waals surface area contributed by atoms with Crippen LogP contribution in [0.1, 0.15) is 5.56 Å². The molecule has 100 valence electrons. The van der Waals surface area contributed by atoms with E-state index >= 15 is 0 Å². The van der Waals surface area contributed by atoms with Crippen LogP contribution in [0.5, 0.6) is 11.5 Å². The van der Waals surface area contributed by atoms with Gasteiger partial charge >= 0.3 is 0 Å². The van der Waals surface area contributed by atoms with Crippen LogP contribution >= 0.6 is 11.6 Å². The molecule has 0 aromatic heterocycles. The Hall–Kier alpha value is -1.75. The van der Waals surface area contributed by atoms with Crippen LogP contribution in [0.25, 0.3) is 0 Å². The fourth-order valence-electron chi connectivity index (χ4n) is 1.46. The lowest BCUT2D eigenvalue weighted by Crippen LogP contribution is -1.97. The Labute approximate surface area is 111 Å². The van der Waals surface area contributed by atoms with Crippen LogP contribution in [0.4, 0.5) is 17.6 Å². The van der Waals surface area contributed by atoms with Gasteiger partial charge in [0.1, 0.15) is 0 Å². The van der Waals surface area contributed by atoms with Crippen LogP contribution in [0.2, 0.25) is 0 Å². The Kier molecular flexibility index (Phi) is 3.95. The van der Waals surface area contributed by atoms with E-state index < -0.39 is 34.8 Å². The lowest BCUT2D eigenvalue weighted by Gasteiger charge is -2.10. The molecular weight excluding hydrogens is 284 g/mol. The van der Waals surface area contributed by atoms with Crippen molar-refractivity contribution in [2.45, 2.75) is 5.88 Å². The van der Waals surface area contributed by atoms with Gasteiger partial charge in [-0.25, -0.2) is 13.2 Å². The zero-order valence-corrected chi connectivity index (χ0v) is 10.1. The summed E-state index contributed by atoms with van der Waals surface area (Å²) in [6, 6.07) is 5.01. The van der Waals surface area contributed by atoms with Crippen LogP contribution in [-0.4, -0.2) is 0 Å². The summed E-state index contributed by atoms with van der Waals surface area (Å²) in [5, 5.41) is 0. The number of alkyl halides is 1. The molecule has 0 aliphatic rings. The molecule has 0 amide bonds. The van der Waals surface area contributed by atoms with Crippen molar-refractivity contribution in [1.29, 1.82) is 0 Å². The molecule has 0 saturated heterocycles. The van der Waals surface area contributed by atoms with Gasteiger partial charge in [0.05, 0.1) is 0 Å². The second-order valence-corrected chi connectivity index (χ2v) is 3.94. The smallest absolute Gasteiger partial charge is 0.201 e. The summed E-state index contributed by atoms with van der Waals surface area (Å²) in [6.07, 6.45) is 0. The molecule has 0 atom stereocenters. The highest BCUT2D eigenvalue weighted by atomic mass is 35.5. The summed E-state index contributed by atoms with van der Waals surface area (Å²) in [4.78, 5) is 0. The molecule has 0 bridgehead atoms. The number of ether oxygens (including phenoxy) is 1. The minimum Gasteiger partial charge on any atom is -0.448 e. The molecule has 1 nitrogen and oxygen atoms in total. The first kappa shape index (κ1) is 13.7. The van der Waals surface area contributed by atoms with Crippen molar-refractivity contribution in [3.63, 3.8) is 0 Å². The molecular formula is C13H7ClF4O. The largest absolute Gasteiger partial charge is 0.448 e. The van der Waals surface area contributed by atoms with Gasteiger partial charge in [-0.1, -0.05) is 6.07 Å². The summed E-state index contributed by atoms with van der Waals surface area (Å²) in [5.41, 5.74) is 0.212. The molecule has 0 heterocycles. The Balaban J connectivity index is 2.41. The maximum absolute atomic E-state index is 13.6. The highest BCUT2D eigenvalue weighted by molar-refractivity contribution is 6.17. The number of benzene rings is 2. The van der Waals surface area contributed by atoms with E-state index in [-0.39, 0.29) is 11.4 Å². The molecule has 19 heavy (non-hydrogen) atoms. The van der Waals surface area contributed by atoms with Crippen LogP contribution in [0.3, 0.4) is 0 Å². The van der Waals surface area contributed by atoms with Crippen molar-refractivity contribution >= 4 is 11.6 Å². The van der Waals surface area contributed by atoms with E-state index in [9.17, 15) is 17.6 Å². The average Bonchev–Trinajstić information content (AvgIpc) is 2.38. The van der Waals surface area contributed by atoms with Crippen molar-refractivity contribution < 1.29 is 22.3 Å². The lowest BCUT2D eigenvalue weighted by atomic mass is 10.2. The van der Waals surface area contributed by atoms with E-state index in [0.717, 1.165) is 30.3 Å². The summed E-state index contributed by atoms with van der Waals surface area (Å²) in [6.45, 7) is 0. The number of halogens is 5. The topological polar surface area (TPSA) is 9.23 Å². The van der Waals surface area contributed by atoms with E-state index in [4.69, 9.17) is 16.3 Å². The van der Waals surface area contributed by atoms with Gasteiger partial charge in [0.2, 0.25) is 5.82 Å². The predicted molar refractivity (Wildman–Crippen MR) is 62.3 cm³/mol. The molecule has 0 spiro atoms. The van der Waals surface area contributed by atoms with E-state index in [1.54, 1.807) is 0 Å². The number of hydrogen-bond donors (Lipinski definition) is 0. The van der Waals surface area contributed by atoms with Crippen molar-refractivity contribution in [2.24, 2.45) is 0 Å². The second kappa shape index (κ2) is 5.48. The maximum Gasteiger partial charge on any atom is 0.201 e. The van der Waals surface area contributed by atoms with Gasteiger partial charge in [0, 0.05) is 5.88 Å². The first-order valence-corrected chi connectivity index (χ1v) is 5.72. The third-order valence-electron chi connectivity index (χ3n) is 2.34. The first-order chi connectivity index (χ1) is 9.02. The molecule has 0 saturated carbocycles. The maximum atomic E-state index is 13.6. The van der Waals surface area contributed by atoms with Gasteiger partial charge in [-0.15, -0.1) is 11.6 Å². The van der Waals surface area contributed by atoms with Gasteiger partial charge in [0.15, 0.2) is 29.0 Å². The average molecular weight is 291 g/mol. The fraction of sp³-hybridized carbons (Fsp3) is 0.0769. The van der Waals surface area contributed by atoms with Crippen LogP contribution < -0.4 is 4.74 Å². The standard InChI is InChI=1S/C13H7ClF4O/c14-6-7-4-9(16)13(10(17)5-7)19-11-3-1-2-8(15)12(11)18/h1-5H,6H2. The summed E-state index contributed by atoms with van der Waals surface area (Å²) >= 11 is 5.45. The van der Waals surface area contributed by atoms with Gasteiger partial charge in [0.25, 0.3) is 0 Å². The molecule has 0 aliphatic carbocycles. The molecule has 0 aliphatic heterocycles. The third-order valence-corrected chi connectivity index (χ3v) is 2.65. The normalized spacial score (nSPS) is 10.6. The van der Waals surface area contributed by atoms with E-state index in [2.05, 4.69) is 0 Å². The quantitative estimate of drug-likeness (QED) is 0.584. The van der Waals surface area contributed by atoms with E-state index in [1.165, 1.54) is 0 Å². The van der Waals surface area contributed by atoms with Crippen LogP contribution in [-0.2, 0) is 5.88 Å². The molecule has 0 fully saturated rings. The third kappa shape index (κ3) is 2.81. The number of rotatable bonds is 3. The second-order valence-electron chi connectivity index (χ2n) is 3.68. The van der Waals surface area contributed by atoms with Crippen LogP contribution in [0, 0.1) is 23.3 Å². The Morgan fingerprint density at radius 2 is 1.58 bits per heavy atom. The zero-order valence-electron chi connectivity index (χ0n) is 9.39. The SMILES string of the molecule is Fc1cccc(Oc2c(F)cc(CCl)cc2F)c1F. The molecule has 2 aromatic carbocycles. The minimum absolute atomic E-state index is 0.0809. The monoisotopic (exact) mass is 290 g/mol. The summed E-state index contributed by atoms with van der Waals surface area (Å²) < 4.78 is 58.2. The van der Waals surface area contributed by atoms with Gasteiger partial charge in [-0.3, -0.25) is 0 Å². The van der Waals surface area contributed by atoms with Crippen LogP contribution in [0.15, 0.2) is 30.3 Å².